The minimum absolute atomic E-state index is 0.277. The summed E-state index contributed by atoms with van der Waals surface area (Å²) in [7, 11) is 0. The van der Waals surface area contributed by atoms with Gasteiger partial charge in [-0.2, -0.15) is 5.06 Å². The molecule has 1 aromatic carbocycles. The number of ether oxygens (including phenoxy) is 1. The first kappa shape index (κ1) is 13.1. The molecule has 1 aliphatic heterocycles. The second kappa shape index (κ2) is 7.13. The summed E-state index contributed by atoms with van der Waals surface area (Å²) in [6.45, 7) is 3.18. The van der Waals surface area contributed by atoms with E-state index in [1.807, 2.05) is 30.3 Å². The fourth-order valence-electron chi connectivity index (χ4n) is 1.85. The van der Waals surface area contributed by atoms with Crippen LogP contribution in [-0.4, -0.2) is 24.1 Å². The summed E-state index contributed by atoms with van der Waals surface area (Å²) in [6, 6.07) is 9.59. The highest BCUT2D eigenvalue weighted by atomic mass is 16.7. The van der Waals surface area contributed by atoms with Crippen LogP contribution in [-0.2, 0) is 21.0 Å². The van der Waals surface area contributed by atoms with Crippen LogP contribution in [0, 0.1) is 6.61 Å². The largest absolute Gasteiger partial charge is 0.459 e. The molecule has 0 spiro atoms. The maximum absolute atomic E-state index is 11.4. The van der Waals surface area contributed by atoms with E-state index in [1.54, 1.807) is 5.06 Å². The lowest BCUT2D eigenvalue weighted by Crippen LogP contribution is -2.30. The van der Waals surface area contributed by atoms with Crippen molar-refractivity contribution in [2.45, 2.75) is 25.9 Å². The van der Waals surface area contributed by atoms with E-state index in [0.29, 0.717) is 0 Å². The molecule has 97 valence electrons. The van der Waals surface area contributed by atoms with Crippen molar-refractivity contribution < 1.29 is 14.4 Å². The zero-order chi connectivity index (χ0) is 12.6. The molecule has 1 aliphatic rings. The smallest absolute Gasteiger partial charge is 0.341 e. The van der Waals surface area contributed by atoms with Gasteiger partial charge in [0.25, 0.3) is 0 Å². The number of carbonyl (C=O) groups is 1. The summed E-state index contributed by atoms with van der Waals surface area (Å²) < 4.78 is 5.07. The number of esters is 1. The first-order chi connectivity index (χ1) is 8.84. The third kappa shape index (κ3) is 4.47. The maximum Gasteiger partial charge on any atom is 0.341 e. The molecule has 0 aliphatic carbocycles. The number of hydrogen-bond donors (Lipinski definition) is 0. The van der Waals surface area contributed by atoms with Crippen molar-refractivity contribution in [3.05, 3.63) is 42.5 Å². The second-order valence-electron chi connectivity index (χ2n) is 4.31. The van der Waals surface area contributed by atoms with Gasteiger partial charge in [-0.3, -0.25) is 4.84 Å². The molecule has 4 heteroatoms. The van der Waals surface area contributed by atoms with Crippen molar-refractivity contribution in [3.63, 3.8) is 0 Å². The lowest BCUT2D eigenvalue weighted by atomic mass is 10.2. The Kier molecular flexibility index (Phi) is 5.17. The molecule has 0 unspecified atom stereocenters. The Morgan fingerprint density at radius 1 is 1.17 bits per heavy atom. The van der Waals surface area contributed by atoms with Gasteiger partial charge in [0, 0.05) is 13.1 Å². The molecule has 0 atom stereocenters. The minimum Gasteiger partial charge on any atom is -0.459 e. The normalized spacial score (nSPS) is 16.4. The lowest BCUT2D eigenvalue weighted by molar-refractivity contribution is -0.170. The Hall–Kier alpha value is -1.39. The monoisotopic (exact) mass is 248 g/mol. The van der Waals surface area contributed by atoms with E-state index in [1.165, 1.54) is 6.42 Å². The van der Waals surface area contributed by atoms with Gasteiger partial charge in [0.05, 0.1) is 0 Å². The van der Waals surface area contributed by atoms with Gasteiger partial charge in [0.15, 0.2) is 0 Å². The van der Waals surface area contributed by atoms with Crippen molar-refractivity contribution in [3.8, 4) is 0 Å². The number of rotatable bonds is 5. The standard InChI is InChI=1S/C14H18NO3/c16-14(12-18-15-9-5-2-6-10-15)17-11-13-7-3-1-4-8-13/h1,3-4,7-8,12H,2,5-6,9-11H2. The molecular formula is C14H18NO3. The highest BCUT2D eigenvalue weighted by Gasteiger charge is 2.13. The van der Waals surface area contributed by atoms with Gasteiger partial charge in [-0.05, 0) is 18.4 Å². The van der Waals surface area contributed by atoms with E-state index in [-0.39, 0.29) is 6.61 Å². The Morgan fingerprint density at radius 2 is 1.89 bits per heavy atom. The van der Waals surface area contributed by atoms with Crippen LogP contribution in [0.25, 0.3) is 0 Å². The van der Waals surface area contributed by atoms with Gasteiger partial charge in [0.1, 0.15) is 6.61 Å². The number of carbonyl (C=O) groups excluding carboxylic acids is 1. The average molecular weight is 248 g/mol. The van der Waals surface area contributed by atoms with Crippen molar-refractivity contribution in [2.24, 2.45) is 0 Å². The number of benzene rings is 1. The van der Waals surface area contributed by atoms with Gasteiger partial charge in [-0.15, -0.1) is 0 Å². The summed E-state index contributed by atoms with van der Waals surface area (Å²) in [5, 5.41) is 1.80. The predicted molar refractivity (Wildman–Crippen MR) is 67.0 cm³/mol. The zero-order valence-electron chi connectivity index (χ0n) is 10.4. The van der Waals surface area contributed by atoms with Gasteiger partial charge >= 0.3 is 5.97 Å². The first-order valence-electron chi connectivity index (χ1n) is 6.30. The molecule has 0 bridgehead atoms. The van der Waals surface area contributed by atoms with Crippen LogP contribution < -0.4 is 0 Å². The molecule has 0 amide bonds. The number of nitrogens with zero attached hydrogens (tertiary/aromatic N) is 1. The Balaban J connectivity index is 1.63. The third-order valence-electron chi connectivity index (χ3n) is 2.84. The average Bonchev–Trinajstić information content (AvgIpc) is 2.45. The van der Waals surface area contributed by atoms with E-state index in [2.05, 4.69) is 0 Å². The van der Waals surface area contributed by atoms with Crippen molar-refractivity contribution >= 4 is 5.97 Å². The van der Waals surface area contributed by atoms with Gasteiger partial charge in [0.2, 0.25) is 6.61 Å². The Morgan fingerprint density at radius 3 is 2.61 bits per heavy atom. The molecule has 4 nitrogen and oxygen atoms in total. The molecule has 0 saturated carbocycles. The molecule has 2 rings (SSSR count). The third-order valence-corrected chi connectivity index (χ3v) is 2.84. The summed E-state index contributed by atoms with van der Waals surface area (Å²) >= 11 is 0. The summed E-state index contributed by atoms with van der Waals surface area (Å²) in [6.07, 6.45) is 3.47. The van der Waals surface area contributed by atoms with E-state index in [9.17, 15) is 4.79 Å². The fourth-order valence-corrected chi connectivity index (χ4v) is 1.85. The van der Waals surface area contributed by atoms with Gasteiger partial charge in [-0.1, -0.05) is 36.8 Å². The van der Waals surface area contributed by atoms with Crippen molar-refractivity contribution in [1.82, 2.24) is 5.06 Å². The van der Waals surface area contributed by atoms with Crippen molar-refractivity contribution in [1.29, 1.82) is 0 Å². The molecule has 1 radical (unpaired) electrons. The molecule has 18 heavy (non-hydrogen) atoms. The quantitative estimate of drug-likeness (QED) is 0.749. The van der Waals surface area contributed by atoms with Gasteiger partial charge in [-0.25, -0.2) is 4.79 Å². The highest BCUT2D eigenvalue weighted by molar-refractivity contribution is 5.76. The molecule has 0 aromatic heterocycles. The maximum atomic E-state index is 11.4. The fraction of sp³-hybridized carbons (Fsp3) is 0.429. The number of hydrogen-bond acceptors (Lipinski definition) is 4. The van der Waals surface area contributed by atoms with E-state index >= 15 is 0 Å². The number of piperidine rings is 1. The minimum atomic E-state index is -0.440. The second-order valence-corrected chi connectivity index (χ2v) is 4.31. The Bertz CT molecular complexity index is 361. The molecule has 1 aromatic rings. The summed E-state index contributed by atoms with van der Waals surface area (Å²) in [5.41, 5.74) is 0.970. The highest BCUT2D eigenvalue weighted by Crippen LogP contribution is 2.10. The van der Waals surface area contributed by atoms with Crippen LogP contribution in [0.1, 0.15) is 24.8 Å². The molecule has 1 saturated heterocycles. The SMILES string of the molecule is O=C([CH]ON1CCCCC1)OCc1ccccc1. The van der Waals surface area contributed by atoms with Crippen LogP contribution >= 0.6 is 0 Å². The molecular weight excluding hydrogens is 230 g/mol. The van der Waals surface area contributed by atoms with E-state index in [4.69, 9.17) is 9.57 Å². The Labute approximate surface area is 107 Å². The van der Waals surface area contributed by atoms with Crippen molar-refractivity contribution in [2.75, 3.05) is 13.1 Å². The molecule has 1 fully saturated rings. The van der Waals surface area contributed by atoms with Crippen LogP contribution in [0.2, 0.25) is 0 Å². The van der Waals surface area contributed by atoms with Crippen LogP contribution in [0.3, 0.4) is 0 Å². The molecule has 1 heterocycles. The summed E-state index contributed by atoms with van der Waals surface area (Å²) in [4.78, 5) is 16.7. The lowest BCUT2D eigenvalue weighted by Gasteiger charge is -2.24. The number of hydroxylamine groups is 2. The molecule has 0 N–H and O–H groups in total. The van der Waals surface area contributed by atoms with Crippen LogP contribution in [0.4, 0.5) is 0 Å². The summed E-state index contributed by atoms with van der Waals surface area (Å²) in [5.74, 6) is -0.440. The zero-order valence-corrected chi connectivity index (χ0v) is 10.4. The first-order valence-corrected chi connectivity index (χ1v) is 6.30. The topological polar surface area (TPSA) is 38.8 Å². The van der Waals surface area contributed by atoms with E-state index < -0.39 is 5.97 Å². The van der Waals surface area contributed by atoms with Crippen LogP contribution in [0.5, 0.6) is 0 Å². The predicted octanol–water partition coefficient (Wildman–Crippen LogP) is 2.31. The van der Waals surface area contributed by atoms with E-state index in [0.717, 1.165) is 38.1 Å². The van der Waals surface area contributed by atoms with Crippen LogP contribution in [0.15, 0.2) is 30.3 Å². The van der Waals surface area contributed by atoms with Gasteiger partial charge < -0.3 is 4.74 Å².